The lowest BCUT2D eigenvalue weighted by atomic mass is 9.84. The van der Waals surface area contributed by atoms with E-state index in [1.165, 1.54) is 0 Å². The number of benzene rings is 1. The van der Waals surface area contributed by atoms with E-state index in [0.29, 0.717) is 18.9 Å². The van der Waals surface area contributed by atoms with Crippen LogP contribution in [0, 0.1) is 23.4 Å². The van der Waals surface area contributed by atoms with Gasteiger partial charge in [0.1, 0.15) is 6.04 Å². The first-order valence-electron chi connectivity index (χ1n) is 7.60. The molecule has 0 unspecified atom stereocenters. The number of carbonyl (C=O) groups is 2. The van der Waals surface area contributed by atoms with Crippen molar-refractivity contribution in [1.82, 2.24) is 4.90 Å². The van der Waals surface area contributed by atoms with Crippen LogP contribution in [0.4, 0.5) is 13.2 Å². The van der Waals surface area contributed by atoms with Crippen LogP contribution in [-0.4, -0.2) is 34.0 Å². The average Bonchev–Trinajstić information content (AvgIpc) is 2.92. The minimum Gasteiger partial charge on any atom is -0.480 e. The van der Waals surface area contributed by atoms with Crippen LogP contribution in [-0.2, 0) is 4.79 Å². The molecule has 1 aliphatic heterocycles. The number of carboxylic acids is 1. The number of aliphatic carboxylic acids is 1. The fourth-order valence-electron chi connectivity index (χ4n) is 3.80. The van der Waals surface area contributed by atoms with Gasteiger partial charge in [-0.1, -0.05) is 12.8 Å². The first-order chi connectivity index (χ1) is 10.9. The fraction of sp³-hybridized carbons (Fsp3) is 0.500. The third-order valence-corrected chi connectivity index (χ3v) is 4.87. The zero-order valence-electron chi connectivity index (χ0n) is 12.3. The molecule has 1 saturated heterocycles. The Morgan fingerprint density at radius 3 is 2.48 bits per heavy atom. The monoisotopic (exact) mass is 327 g/mol. The van der Waals surface area contributed by atoms with Crippen LogP contribution in [0.5, 0.6) is 0 Å². The van der Waals surface area contributed by atoms with Gasteiger partial charge >= 0.3 is 5.97 Å². The lowest BCUT2D eigenvalue weighted by Gasteiger charge is -2.33. The Bertz CT molecular complexity index is 664. The second-order valence-electron chi connectivity index (χ2n) is 6.14. The molecule has 1 aromatic carbocycles. The van der Waals surface area contributed by atoms with Gasteiger partial charge in [0.05, 0.1) is 5.56 Å². The third-order valence-electron chi connectivity index (χ3n) is 4.87. The number of fused-ring (bicyclic) bond motifs is 1. The Morgan fingerprint density at radius 2 is 1.78 bits per heavy atom. The number of hydrogen-bond acceptors (Lipinski definition) is 2. The van der Waals surface area contributed by atoms with Crippen molar-refractivity contribution in [2.45, 2.75) is 44.2 Å². The van der Waals surface area contributed by atoms with Gasteiger partial charge in [0, 0.05) is 6.04 Å². The molecule has 1 aliphatic carbocycles. The number of halogens is 3. The van der Waals surface area contributed by atoms with E-state index in [0.717, 1.165) is 30.2 Å². The van der Waals surface area contributed by atoms with Crippen molar-refractivity contribution >= 4 is 11.9 Å². The van der Waals surface area contributed by atoms with E-state index in [1.54, 1.807) is 0 Å². The molecule has 1 saturated carbocycles. The summed E-state index contributed by atoms with van der Waals surface area (Å²) in [6.45, 7) is 0. The molecule has 0 radical (unpaired) electrons. The van der Waals surface area contributed by atoms with Crippen LogP contribution in [0.3, 0.4) is 0 Å². The third kappa shape index (κ3) is 2.58. The maximum atomic E-state index is 13.9. The van der Waals surface area contributed by atoms with Crippen molar-refractivity contribution in [2.24, 2.45) is 5.92 Å². The molecule has 4 nitrogen and oxygen atoms in total. The average molecular weight is 327 g/mol. The lowest BCUT2D eigenvalue weighted by Crippen LogP contribution is -2.46. The molecule has 1 heterocycles. The van der Waals surface area contributed by atoms with Gasteiger partial charge in [-0.2, -0.15) is 0 Å². The first kappa shape index (κ1) is 15.8. The van der Waals surface area contributed by atoms with Gasteiger partial charge in [-0.15, -0.1) is 0 Å². The van der Waals surface area contributed by atoms with Gasteiger partial charge < -0.3 is 10.0 Å². The van der Waals surface area contributed by atoms with E-state index in [1.807, 2.05) is 0 Å². The molecular formula is C16H16F3NO3. The van der Waals surface area contributed by atoms with Crippen LogP contribution >= 0.6 is 0 Å². The van der Waals surface area contributed by atoms with E-state index in [-0.39, 0.29) is 12.0 Å². The van der Waals surface area contributed by atoms with Gasteiger partial charge in [0.2, 0.25) is 0 Å². The second kappa shape index (κ2) is 5.86. The van der Waals surface area contributed by atoms with E-state index in [2.05, 4.69) is 0 Å². The summed E-state index contributed by atoms with van der Waals surface area (Å²) in [6.07, 6.45) is 3.60. The lowest BCUT2D eigenvalue weighted by molar-refractivity contribution is -0.141. The molecule has 1 amide bonds. The summed E-state index contributed by atoms with van der Waals surface area (Å²) in [5.74, 6) is -6.66. The van der Waals surface area contributed by atoms with Crippen molar-refractivity contribution in [3.8, 4) is 0 Å². The zero-order valence-corrected chi connectivity index (χ0v) is 12.3. The molecule has 2 fully saturated rings. The van der Waals surface area contributed by atoms with Crippen molar-refractivity contribution in [1.29, 1.82) is 0 Å². The molecular weight excluding hydrogens is 311 g/mol. The van der Waals surface area contributed by atoms with Gasteiger partial charge in [-0.25, -0.2) is 18.0 Å². The van der Waals surface area contributed by atoms with Gasteiger partial charge in [-0.05, 0) is 37.3 Å². The molecule has 1 N–H and O–H groups in total. The maximum Gasteiger partial charge on any atom is 0.326 e. The quantitative estimate of drug-likeness (QED) is 0.850. The summed E-state index contributed by atoms with van der Waals surface area (Å²) in [5.41, 5.74) is -0.624. The summed E-state index contributed by atoms with van der Waals surface area (Å²) >= 11 is 0. The standard InChI is InChI=1S/C16H16F3NO3/c17-10-6-5-9(13(18)14(10)19)15(21)20-11-4-2-1-3-8(11)7-12(20)16(22)23/h5-6,8,11-12H,1-4,7H2,(H,22,23)/t8-,11+,12+/m1/s1. The maximum absolute atomic E-state index is 13.9. The predicted molar refractivity (Wildman–Crippen MR) is 74.3 cm³/mol. The highest BCUT2D eigenvalue weighted by molar-refractivity contribution is 5.97. The molecule has 124 valence electrons. The molecule has 23 heavy (non-hydrogen) atoms. The van der Waals surface area contributed by atoms with Crippen LogP contribution in [0.1, 0.15) is 42.5 Å². The Balaban J connectivity index is 1.99. The summed E-state index contributed by atoms with van der Waals surface area (Å²) in [4.78, 5) is 25.3. The van der Waals surface area contributed by atoms with E-state index < -0.39 is 40.9 Å². The first-order valence-corrected chi connectivity index (χ1v) is 7.60. The van der Waals surface area contributed by atoms with Gasteiger partial charge in [0.15, 0.2) is 17.5 Å². The van der Waals surface area contributed by atoms with Crippen LogP contribution in [0.2, 0.25) is 0 Å². The fourth-order valence-corrected chi connectivity index (χ4v) is 3.80. The smallest absolute Gasteiger partial charge is 0.326 e. The Labute approximate surface area is 130 Å². The number of carbonyl (C=O) groups excluding carboxylic acids is 1. The molecule has 2 aliphatic rings. The highest BCUT2D eigenvalue weighted by atomic mass is 19.2. The molecule has 0 spiro atoms. The molecule has 3 rings (SSSR count). The largest absolute Gasteiger partial charge is 0.480 e. The molecule has 7 heteroatoms. The topological polar surface area (TPSA) is 57.6 Å². The zero-order chi connectivity index (χ0) is 16.7. The highest BCUT2D eigenvalue weighted by Gasteiger charge is 2.48. The summed E-state index contributed by atoms with van der Waals surface area (Å²) in [5, 5.41) is 9.37. The number of hydrogen-bond donors (Lipinski definition) is 1. The van der Waals surface area contributed by atoms with Crippen molar-refractivity contribution in [2.75, 3.05) is 0 Å². The van der Waals surface area contributed by atoms with Crippen LogP contribution in [0.15, 0.2) is 12.1 Å². The number of amides is 1. The second-order valence-corrected chi connectivity index (χ2v) is 6.14. The number of likely N-dealkylation sites (tertiary alicyclic amines) is 1. The molecule has 0 bridgehead atoms. The van der Waals surface area contributed by atoms with E-state index in [9.17, 15) is 27.9 Å². The Hall–Kier alpha value is -2.05. The van der Waals surface area contributed by atoms with Crippen LogP contribution < -0.4 is 0 Å². The SMILES string of the molecule is O=C(O)[C@@H]1C[C@H]2CCCC[C@@H]2N1C(=O)c1ccc(F)c(F)c1F. The summed E-state index contributed by atoms with van der Waals surface area (Å²) < 4.78 is 40.3. The van der Waals surface area contributed by atoms with Crippen molar-refractivity contribution in [3.05, 3.63) is 35.1 Å². The number of carboxylic acid groups (broad SMARTS) is 1. The Morgan fingerprint density at radius 1 is 1.09 bits per heavy atom. The van der Waals surface area contributed by atoms with Crippen LogP contribution in [0.25, 0.3) is 0 Å². The molecule has 3 atom stereocenters. The molecule has 0 aromatic heterocycles. The Kier molecular flexibility index (Phi) is 4.04. The number of nitrogens with zero attached hydrogens (tertiary/aromatic N) is 1. The minimum absolute atomic E-state index is 0.0576. The van der Waals surface area contributed by atoms with E-state index in [4.69, 9.17) is 0 Å². The normalized spacial score (nSPS) is 26.9. The predicted octanol–water partition coefficient (Wildman–Crippen LogP) is 2.96. The van der Waals surface area contributed by atoms with Crippen molar-refractivity contribution < 1.29 is 27.9 Å². The number of rotatable bonds is 2. The van der Waals surface area contributed by atoms with Gasteiger partial charge in [-0.3, -0.25) is 4.79 Å². The minimum atomic E-state index is -1.72. The summed E-state index contributed by atoms with van der Waals surface area (Å²) in [7, 11) is 0. The summed E-state index contributed by atoms with van der Waals surface area (Å²) in [6, 6.07) is 0.203. The highest BCUT2D eigenvalue weighted by Crippen LogP contribution is 2.40. The molecule has 1 aromatic rings. The van der Waals surface area contributed by atoms with Crippen molar-refractivity contribution in [3.63, 3.8) is 0 Å². The van der Waals surface area contributed by atoms with E-state index >= 15 is 0 Å². The van der Waals surface area contributed by atoms with Gasteiger partial charge in [0.25, 0.3) is 5.91 Å².